The molecule has 2 aromatic rings. The maximum absolute atomic E-state index is 12.4. The molecule has 2 N–H and O–H groups in total. The summed E-state index contributed by atoms with van der Waals surface area (Å²) in [6.45, 7) is 2.36. The summed E-state index contributed by atoms with van der Waals surface area (Å²) in [5, 5.41) is 7.06. The van der Waals surface area contributed by atoms with Crippen LogP contribution in [0.5, 0.6) is 0 Å². The van der Waals surface area contributed by atoms with E-state index in [0.29, 0.717) is 29.1 Å². The molecule has 1 aromatic heterocycles. The molecule has 132 valence electrons. The molecule has 0 bridgehead atoms. The molecule has 3 rings (SSSR count). The summed E-state index contributed by atoms with van der Waals surface area (Å²) in [5.74, 6) is 1.17. The van der Waals surface area contributed by atoms with E-state index in [1.807, 2.05) is 31.2 Å². The molecule has 1 aliphatic carbocycles. The van der Waals surface area contributed by atoms with Gasteiger partial charge in [0.2, 0.25) is 0 Å². The standard InChI is InChI=1S/C19H23ClN4O/c1-13-22-17(12-18(23-13)24-16-4-2-3-5-16)19(25)21-11-10-14-6-8-15(20)9-7-14/h6-9,12,16H,2-5,10-11H2,1H3,(H,21,25)(H,22,23,24). The molecule has 0 radical (unpaired) electrons. The highest BCUT2D eigenvalue weighted by molar-refractivity contribution is 6.30. The van der Waals surface area contributed by atoms with Crippen molar-refractivity contribution >= 4 is 23.3 Å². The molecule has 1 amide bonds. The van der Waals surface area contributed by atoms with Crippen molar-refractivity contribution in [3.8, 4) is 0 Å². The van der Waals surface area contributed by atoms with Crippen LogP contribution < -0.4 is 10.6 Å². The van der Waals surface area contributed by atoms with E-state index in [2.05, 4.69) is 20.6 Å². The van der Waals surface area contributed by atoms with E-state index in [9.17, 15) is 4.79 Å². The van der Waals surface area contributed by atoms with Gasteiger partial charge in [-0.1, -0.05) is 36.6 Å². The van der Waals surface area contributed by atoms with E-state index in [1.165, 1.54) is 12.8 Å². The minimum Gasteiger partial charge on any atom is -0.367 e. The number of carbonyl (C=O) groups is 1. The smallest absolute Gasteiger partial charge is 0.270 e. The number of nitrogens with one attached hydrogen (secondary N) is 2. The first-order valence-corrected chi connectivity index (χ1v) is 9.13. The number of carbonyl (C=O) groups excluding carboxylic acids is 1. The van der Waals surface area contributed by atoms with Crippen molar-refractivity contribution in [1.29, 1.82) is 0 Å². The predicted molar refractivity (Wildman–Crippen MR) is 100 cm³/mol. The van der Waals surface area contributed by atoms with Crippen LogP contribution in [0.1, 0.15) is 47.6 Å². The number of aromatic nitrogens is 2. The fourth-order valence-electron chi connectivity index (χ4n) is 3.10. The van der Waals surface area contributed by atoms with Gasteiger partial charge in [-0.15, -0.1) is 0 Å². The fraction of sp³-hybridized carbons (Fsp3) is 0.421. The fourth-order valence-corrected chi connectivity index (χ4v) is 3.23. The van der Waals surface area contributed by atoms with Gasteiger partial charge in [-0.25, -0.2) is 9.97 Å². The quantitative estimate of drug-likeness (QED) is 0.825. The van der Waals surface area contributed by atoms with Crippen molar-refractivity contribution in [1.82, 2.24) is 15.3 Å². The number of hydrogen-bond donors (Lipinski definition) is 2. The number of benzene rings is 1. The molecule has 0 unspecified atom stereocenters. The molecule has 0 aliphatic heterocycles. The molecule has 1 heterocycles. The van der Waals surface area contributed by atoms with Crippen LogP contribution in [0, 0.1) is 6.92 Å². The average Bonchev–Trinajstić information content (AvgIpc) is 3.09. The highest BCUT2D eigenvalue weighted by Gasteiger charge is 2.17. The minimum atomic E-state index is -0.172. The maximum atomic E-state index is 12.4. The second-order valence-electron chi connectivity index (χ2n) is 6.44. The average molecular weight is 359 g/mol. The topological polar surface area (TPSA) is 66.9 Å². The molecule has 5 nitrogen and oxygen atoms in total. The predicted octanol–water partition coefficient (Wildman–Crippen LogP) is 3.77. The summed E-state index contributed by atoms with van der Waals surface area (Å²) in [4.78, 5) is 21.0. The minimum absolute atomic E-state index is 0.172. The van der Waals surface area contributed by atoms with E-state index in [1.54, 1.807) is 6.07 Å². The van der Waals surface area contributed by atoms with Gasteiger partial charge in [0.05, 0.1) is 0 Å². The SMILES string of the molecule is Cc1nc(NC2CCCC2)cc(C(=O)NCCc2ccc(Cl)cc2)n1. The van der Waals surface area contributed by atoms with Crippen LogP contribution in [0.3, 0.4) is 0 Å². The van der Waals surface area contributed by atoms with Gasteiger partial charge in [-0.05, 0) is 43.9 Å². The Labute approximate surface area is 153 Å². The van der Waals surface area contributed by atoms with Crippen LogP contribution in [0.2, 0.25) is 5.02 Å². The van der Waals surface area contributed by atoms with Crippen molar-refractivity contribution in [2.75, 3.05) is 11.9 Å². The lowest BCUT2D eigenvalue weighted by Crippen LogP contribution is -2.27. The monoisotopic (exact) mass is 358 g/mol. The van der Waals surface area contributed by atoms with Crippen LogP contribution in [0.15, 0.2) is 30.3 Å². The zero-order chi connectivity index (χ0) is 17.6. The van der Waals surface area contributed by atoms with Crippen LogP contribution >= 0.6 is 11.6 Å². The molecule has 25 heavy (non-hydrogen) atoms. The van der Waals surface area contributed by atoms with Gasteiger partial charge in [0.15, 0.2) is 0 Å². The Kier molecular flexibility index (Phi) is 5.87. The normalized spacial score (nSPS) is 14.5. The first kappa shape index (κ1) is 17.7. The van der Waals surface area contributed by atoms with Gasteiger partial charge in [0.1, 0.15) is 17.3 Å². The molecule has 0 spiro atoms. The van der Waals surface area contributed by atoms with Crippen LogP contribution in [0.4, 0.5) is 5.82 Å². The number of nitrogens with zero attached hydrogens (tertiary/aromatic N) is 2. The van der Waals surface area contributed by atoms with Gasteiger partial charge in [0.25, 0.3) is 5.91 Å². The molecule has 0 saturated heterocycles. The Hall–Kier alpha value is -2.14. The lowest BCUT2D eigenvalue weighted by atomic mass is 10.1. The van der Waals surface area contributed by atoms with Crippen LogP contribution in [-0.2, 0) is 6.42 Å². The molecule has 1 saturated carbocycles. The van der Waals surface area contributed by atoms with E-state index < -0.39 is 0 Å². The van der Waals surface area contributed by atoms with Crippen molar-refractivity contribution in [2.45, 2.75) is 45.1 Å². The molecule has 6 heteroatoms. The summed E-state index contributed by atoms with van der Waals surface area (Å²) in [5.41, 5.74) is 1.54. The summed E-state index contributed by atoms with van der Waals surface area (Å²) in [6, 6.07) is 9.83. The largest absolute Gasteiger partial charge is 0.367 e. The Morgan fingerprint density at radius 2 is 1.92 bits per heavy atom. The third-order valence-corrected chi connectivity index (χ3v) is 4.64. The number of amides is 1. The molecular weight excluding hydrogens is 336 g/mol. The summed E-state index contributed by atoms with van der Waals surface area (Å²) < 4.78 is 0. The number of hydrogen-bond acceptors (Lipinski definition) is 4. The Balaban J connectivity index is 1.57. The Bertz CT molecular complexity index is 727. The first-order valence-electron chi connectivity index (χ1n) is 8.75. The highest BCUT2D eigenvalue weighted by atomic mass is 35.5. The van der Waals surface area contributed by atoms with Crippen molar-refractivity contribution in [3.05, 3.63) is 52.4 Å². The highest BCUT2D eigenvalue weighted by Crippen LogP contribution is 2.21. The van der Waals surface area contributed by atoms with Crippen molar-refractivity contribution < 1.29 is 4.79 Å². The van der Waals surface area contributed by atoms with Gasteiger partial charge in [-0.2, -0.15) is 0 Å². The van der Waals surface area contributed by atoms with Crippen LogP contribution in [0.25, 0.3) is 0 Å². The Morgan fingerprint density at radius 3 is 2.64 bits per heavy atom. The second-order valence-corrected chi connectivity index (χ2v) is 6.88. The molecule has 1 fully saturated rings. The van der Waals surface area contributed by atoms with E-state index in [0.717, 1.165) is 30.6 Å². The third kappa shape index (κ3) is 5.16. The Morgan fingerprint density at radius 1 is 1.20 bits per heavy atom. The van der Waals surface area contributed by atoms with Crippen molar-refractivity contribution in [2.24, 2.45) is 0 Å². The lowest BCUT2D eigenvalue weighted by molar-refractivity contribution is 0.0949. The van der Waals surface area contributed by atoms with Gasteiger partial charge >= 0.3 is 0 Å². The summed E-state index contributed by atoms with van der Waals surface area (Å²) in [7, 11) is 0. The van der Waals surface area contributed by atoms with Gasteiger partial charge in [0, 0.05) is 23.7 Å². The van der Waals surface area contributed by atoms with Gasteiger partial charge in [-0.3, -0.25) is 4.79 Å². The number of anilines is 1. The molecule has 1 aliphatic rings. The van der Waals surface area contributed by atoms with E-state index in [-0.39, 0.29) is 5.91 Å². The maximum Gasteiger partial charge on any atom is 0.270 e. The van der Waals surface area contributed by atoms with Crippen LogP contribution in [-0.4, -0.2) is 28.5 Å². The summed E-state index contributed by atoms with van der Waals surface area (Å²) >= 11 is 5.88. The van der Waals surface area contributed by atoms with E-state index >= 15 is 0 Å². The van der Waals surface area contributed by atoms with E-state index in [4.69, 9.17) is 11.6 Å². The number of aryl methyl sites for hydroxylation is 1. The molecule has 0 atom stereocenters. The molecular formula is C19H23ClN4O. The van der Waals surface area contributed by atoms with Crippen molar-refractivity contribution in [3.63, 3.8) is 0 Å². The number of halogens is 1. The lowest BCUT2D eigenvalue weighted by Gasteiger charge is -2.14. The molecule has 1 aromatic carbocycles. The zero-order valence-corrected chi connectivity index (χ0v) is 15.1. The zero-order valence-electron chi connectivity index (χ0n) is 14.4. The first-order chi connectivity index (χ1) is 12.1. The number of rotatable bonds is 6. The summed E-state index contributed by atoms with van der Waals surface area (Å²) in [6.07, 6.45) is 5.57. The second kappa shape index (κ2) is 8.30. The van der Waals surface area contributed by atoms with Gasteiger partial charge < -0.3 is 10.6 Å². The third-order valence-electron chi connectivity index (χ3n) is 4.39.